The molecule has 0 bridgehead atoms. The lowest BCUT2D eigenvalue weighted by Gasteiger charge is -2.31. The first-order chi connectivity index (χ1) is 9.16. The Labute approximate surface area is 110 Å². The highest BCUT2D eigenvalue weighted by atomic mass is 16.5. The molecule has 2 atom stereocenters. The summed E-state index contributed by atoms with van der Waals surface area (Å²) in [6, 6.07) is 11.6. The quantitative estimate of drug-likeness (QED) is 0.734. The van der Waals surface area contributed by atoms with Gasteiger partial charge in [-0.2, -0.15) is 0 Å². The Morgan fingerprint density at radius 3 is 2.47 bits per heavy atom. The Kier molecular flexibility index (Phi) is 2.80. The van der Waals surface area contributed by atoms with Gasteiger partial charge in [0.25, 0.3) is 0 Å². The zero-order chi connectivity index (χ0) is 13.4. The molecule has 0 aliphatic carbocycles. The molecule has 98 valence electrons. The number of aliphatic hydroxyl groups is 1. The number of hydrogen-bond donors (Lipinski definition) is 3. The minimum absolute atomic E-state index is 0.0356. The summed E-state index contributed by atoms with van der Waals surface area (Å²) >= 11 is 0. The summed E-state index contributed by atoms with van der Waals surface area (Å²) in [5.74, 6) is 0.468. The molecule has 0 saturated carbocycles. The SMILES string of the molecule is Oc1ccc(C2COc3cccc(O)c3C2O)cc1. The van der Waals surface area contributed by atoms with Gasteiger partial charge in [-0.05, 0) is 29.8 Å². The van der Waals surface area contributed by atoms with Crippen molar-refractivity contribution in [2.24, 2.45) is 0 Å². The van der Waals surface area contributed by atoms with E-state index in [4.69, 9.17) is 4.74 Å². The second-order valence-corrected chi connectivity index (χ2v) is 4.64. The molecule has 0 saturated heterocycles. The first-order valence-electron chi connectivity index (χ1n) is 6.08. The lowest BCUT2D eigenvalue weighted by molar-refractivity contribution is 0.0861. The molecule has 1 aliphatic heterocycles. The van der Waals surface area contributed by atoms with E-state index in [1.54, 1.807) is 36.4 Å². The van der Waals surface area contributed by atoms with E-state index in [2.05, 4.69) is 0 Å². The Bertz CT molecular complexity index is 592. The number of fused-ring (bicyclic) bond motifs is 1. The number of aliphatic hydroxyl groups excluding tert-OH is 1. The third kappa shape index (κ3) is 2.00. The van der Waals surface area contributed by atoms with Gasteiger partial charge in [-0.1, -0.05) is 18.2 Å². The van der Waals surface area contributed by atoms with Gasteiger partial charge in [-0.3, -0.25) is 0 Å². The molecule has 3 N–H and O–H groups in total. The van der Waals surface area contributed by atoms with Gasteiger partial charge in [0.15, 0.2) is 0 Å². The van der Waals surface area contributed by atoms with Gasteiger partial charge in [-0.25, -0.2) is 0 Å². The molecular weight excluding hydrogens is 244 g/mol. The van der Waals surface area contributed by atoms with Crippen molar-refractivity contribution in [3.05, 3.63) is 53.6 Å². The van der Waals surface area contributed by atoms with Crippen LogP contribution in [-0.4, -0.2) is 21.9 Å². The average Bonchev–Trinajstić information content (AvgIpc) is 2.40. The molecular formula is C15H14O4. The van der Waals surface area contributed by atoms with Crippen LogP contribution in [0.25, 0.3) is 0 Å². The maximum absolute atomic E-state index is 10.4. The maximum atomic E-state index is 10.4. The fourth-order valence-corrected chi connectivity index (χ4v) is 2.43. The predicted molar refractivity (Wildman–Crippen MR) is 69.4 cm³/mol. The van der Waals surface area contributed by atoms with Gasteiger partial charge >= 0.3 is 0 Å². The molecule has 0 aromatic heterocycles. The van der Waals surface area contributed by atoms with Crippen LogP contribution >= 0.6 is 0 Å². The van der Waals surface area contributed by atoms with Crippen LogP contribution in [0.15, 0.2) is 42.5 Å². The highest BCUT2D eigenvalue weighted by Crippen LogP contribution is 2.44. The van der Waals surface area contributed by atoms with Crippen molar-refractivity contribution in [1.29, 1.82) is 0 Å². The molecule has 0 spiro atoms. The summed E-state index contributed by atoms with van der Waals surface area (Å²) in [4.78, 5) is 0. The van der Waals surface area contributed by atoms with Crippen molar-refractivity contribution in [2.75, 3.05) is 6.61 Å². The number of rotatable bonds is 1. The van der Waals surface area contributed by atoms with Gasteiger partial charge < -0.3 is 20.1 Å². The third-order valence-corrected chi connectivity index (χ3v) is 3.46. The van der Waals surface area contributed by atoms with E-state index in [9.17, 15) is 15.3 Å². The monoisotopic (exact) mass is 258 g/mol. The largest absolute Gasteiger partial charge is 0.508 e. The average molecular weight is 258 g/mol. The van der Waals surface area contributed by atoms with Crippen LogP contribution in [0.2, 0.25) is 0 Å². The molecule has 0 amide bonds. The van der Waals surface area contributed by atoms with Crippen LogP contribution in [0.1, 0.15) is 23.1 Å². The minimum Gasteiger partial charge on any atom is -0.508 e. The van der Waals surface area contributed by atoms with E-state index >= 15 is 0 Å². The Morgan fingerprint density at radius 2 is 1.74 bits per heavy atom. The summed E-state index contributed by atoms with van der Waals surface area (Å²) in [6.45, 7) is 0.336. The van der Waals surface area contributed by atoms with Crippen LogP contribution in [0.4, 0.5) is 0 Å². The first-order valence-corrected chi connectivity index (χ1v) is 6.08. The third-order valence-electron chi connectivity index (χ3n) is 3.46. The van der Waals surface area contributed by atoms with Crippen LogP contribution in [0, 0.1) is 0 Å². The summed E-state index contributed by atoms with van der Waals surface area (Å²) in [7, 11) is 0. The molecule has 2 aromatic rings. The fourth-order valence-electron chi connectivity index (χ4n) is 2.43. The standard InChI is InChI=1S/C15H14O4/c16-10-6-4-9(5-7-10)11-8-19-13-3-1-2-12(17)14(13)15(11)18/h1-7,11,15-18H,8H2. The van der Waals surface area contributed by atoms with Crippen molar-refractivity contribution in [3.8, 4) is 17.2 Å². The van der Waals surface area contributed by atoms with E-state index in [0.717, 1.165) is 5.56 Å². The van der Waals surface area contributed by atoms with Gasteiger partial charge in [0.2, 0.25) is 0 Å². The number of aromatic hydroxyl groups is 2. The van der Waals surface area contributed by atoms with E-state index in [1.165, 1.54) is 6.07 Å². The van der Waals surface area contributed by atoms with E-state index < -0.39 is 6.10 Å². The lowest BCUT2D eigenvalue weighted by atomic mass is 9.87. The lowest BCUT2D eigenvalue weighted by Crippen LogP contribution is -2.24. The van der Waals surface area contributed by atoms with Crippen molar-refractivity contribution in [1.82, 2.24) is 0 Å². The molecule has 1 aliphatic rings. The Balaban J connectivity index is 1.99. The molecule has 4 heteroatoms. The Morgan fingerprint density at radius 1 is 1.00 bits per heavy atom. The summed E-state index contributed by atoms with van der Waals surface area (Å²) in [5.41, 5.74) is 1.28. The molecule has 0 fully saturated rings. The van der Waals surface area contributed by atoms with Crippen LogP contribution in [0.5, 0.6) is 17.2 Å². The van der Waals surface area contributed by atoms with Gasteiger partial charge in [0, 0.05) is 5.92 Å². The van der Waals surface area contributed by atoms with Crippen molar-refractivity contribution in [2.45, 2.75) is 12.0 Å². The van der Waals surface area contributed by atoms with Gasteiger partial charge in [-0.15, -0.1) is 0 Å². The van der Waals surface area contributed by atoms with Crippen molar-refractivity contribution in [3.63, 3.8) is 0 Å². The maximum Gasteiger partial charge on any atom is 0.128 e. The van der Waals surface area contributed by atoms with Gasteiger partial charge in [0.1, 0.15) is 17.2 Å². The van der Waals surface area contributed by atoms with Crippen LogP contribution in [0.3, 0.4) is 0 Å². The Hall–Kier alpha value is -2.20. The molecule has 0 radical (unpaired) electrons. The summed E-state index contributed by atoms with van der Waals surface area (Å²) in [5, 5.41) is 29.6. The summed E-state index contributed by atoms with van der Waals surface area (Å²) in [6.07, 6.45) is -0.825. The highest BCUT2D eigenvalue weighted by Gasteiger charge is 2.32. The highest BCUT2D eigenvalue weighted by molar-refractivity contribution is 5.48. The van der Waals surface area contributed by atoms with Crippen molar-refractivity contribution >= 4 is 0 Å². The number of ether oxygens (including phenoxy) is 1. The van der Waals surface area contributed by atoms with Crippen LogP contribution in [-0.2, 0) is 0 Å². The molecule has 1 heterocycles. The second-order valence-electron chi connectivity index (χ2n) is 4.64. The topological polar surface area (TPSA) is 69.9 Å². The summed E-state index contributed by atoms with van der Waals surface area (Å²) < 4.78 is 5.59. The zero-order valence-electron chi connectivity index (χ0n) is 10.2. The number of phenolic OH excluding ortho intramolecular Hbond substituents is 2. The molecule has 2 aromatic carbocycles. The minimum atomic E-state index is -0.825. The van der Waals surface area contributed by atoms with Crippen molar-refractivity contribution < 1.29 is 20.1 Å². The molecule has 19 heavy (non-hydrogen) atoms. The smallest absolute Gasteiger partial charge is 0.128 e. The van der Waals surface area contributed by atoms with E-state index in [1.807, 2.05) is 0 Å². The second kappa shape index (κ2) is 4.48. The molecule has 3 rings (SSSR count). The fraction of sp³-hybridized carbons (Fsp3) is 0.200. The normalized spacial score (nSPS) is 21.5. The van der Waals surface area contributed by atoms with E-state index in [-0.39, 0.29) is 17.4 Å². The van der Waals surface area contributed by atoms with Crippen LogP contribution < -0.4 is 4.74 Å². The molecule has 2 unspecified atom stereocenters. The number of hydrogen-bond acceptors (Lipinski definition) is 4. The number of phenols is 2. The predicted octanol–water partition coefficient (Wildman–Crippen LogP) is 2.31. The van der Waals surface area contributed by atoms with Gasteiger partial charge in [0.05, 0.1) is 18.3 Å². The first kappa shape index (κ1) is 11.9. The molecule has 4 nitrogen and oxygen atoms in total. The zero-order valence-corrected chi connectivity index (χ0v) is 10.2. The number of benzene rings is 2. The van der Waals surface area contributed by atoms with E-state index in [0.29, 0.717) is 17.9 Å².